The molecule has 1 atom stereocenters. The Kier molecular flexibility index (Phi) is 4.22. The van der Waals surface area contributed by atoms with E-state index >= 15 is 0 Å². The monoisotopic (exact) mass is 269 g/mol. The molecule has 1 amide bonds. The summed E-state index contributed by atoms with van der Waals surface area (Å²) >= 11 is 5.12. The third-order valence-electron chi connectivity index (χ3n) is 4.40. The molecule has 102 valence electrons. The molecular formula is C13H23N3OS. The maximum atomic E-state index is 12.4. The van der Waals surface area contributed by atoms with Crippen molar-refractivity contribution < 1.29 is 4.79 Å². The molecule has 4 nitrogen and oxygen atoms in total. The van der Waals surface area contributed by atoms with Gasteiger partial charge in [0, 0.05) is 13.1 Å². The number of nitrogens with zero attached hydrogens (tertiary/aromatic N) is 1. The van der Waals surface area contributed by atoms with E-state index in [4.69, 9.17) is 18.0 Å². The zero-order valence-electron chi connectivity index (χ0n) is 11.1. The molecule has 0 radical (unpaired) electrons. The fourth-order valence-corrected chi connectivity index (χ4v) is 3.46. The SMILES string of the molecule is CN1CCC(CNC(=O)C2(C(N)=S)CCCC2)C1. The highest BCUT2D eigenvalue weighted by molar-refractivity contribution is 7.80. The van der Waals surface area contributed by atoms with Crippen LogP contribution in [0.1, 0.15) is 32.1 Å². The van der Waals surface area contributed by atoms with Crippen molar-refractivity contribution in [3.8, 4) is 0 Å². The lowest BCUT2D eigenvalue weighted by Gasteiger charge is -2.27. The van der Waals surface area contributed by atoms with Crippen LogP contribution in [-0.2, 0) is 4.79 Å². The Balaban J connectivity index is 1.88. The third kappa shape index (κ3) is 2.67. The summed E-state index contributed by atoms with van der Waals surface area (Å²) in [7, 11) is 2.12. The molecule has 2 aliphatic rings. The highest BCUT2D eigenvalue weighted by Gasteiger charge is 2.43. The average Bonchev–Trinajstić information content (AvgIpc) is 2.95. The van der Waals surface area contributed by atoms with Crippen LogP contribution in [0, 0.1) is 11.3 Å². The normalized spacial score (nSPS) is 27.3. The molecule has 1 aliphatic carbocycles. The maximum Gasteiger partial charge on any atom is 0.233 e. The molecular weight excluding hydrogens is 246 g/mol. The van der Waals surface area contributed by atoms with Gasteiger partial charge < -0.3 is 16.0 Å². The van der Waals surface area contributed by atoms with Crippen molar-refractivity contribution in [2.75, 3.05) is 26.7 Å². The topological polar surface area (TPSA) is 58.4 Å². The predicted molar refractivity (Wildman–Crippen MR) is 76.3 cm³/mol. The van der Waals surface area contributed by atoms with Crippen LogP contribution in [0.2, 0.25) is 0 Å². The largest absolute Gasteiger partial charge is 0.392 e. The lowest BCUT2D eigenvalue weighted by molar-refractivity contribution is -0.127. The Bertz CT molecular complexity index is 339. The molecule has 0 aromatic heterocycles. The van der Waals surface area contributed by atoms with E-state index in [1.54, 1.807) is 0 Å². The molecule has 1 aliphatic heterocycles. The van der Waals surface area contributed by atoms with E-state index in [9.17, 15) is 4.79 Å². The molecule has 1 saturated carbocycles. The van der Waals surface area contributed by atoms with Crippen LogP contribution in [0.4, 0.5) is 0 Å². The summed E-state index contributed by atoms with van der Waals surface area (Å²) in [5.74, 6) is 0.630. The first-order valence-corrected chi connectivity index (χ1v) is 7.22. The number of carbonyl (C=O) groups is 1. The zero-order valence-corrected chi connectivity index (χ0v) is 11.9. The van der Waals surface area contributed by atoms with Crippen LogP contribution < -0.4 is 11.1 Å². The molecule has 0 bridgehead atoms. The molecule has 3 N–H and O–H groups in total. The number of carbonyl (C=O) groups excluding carboxylic acids is 1. The van der Waals surface area contributed by atoms with Crippen LogP contribution in [0.15, 0.2) is 0 Å². The first-order chi connectivity index (χ1) is 8.54. The molecule has 1 heterocycles. The van der Waals surface area contributed by atoms with Crippen molar-refractivity contribution in [1.82, 2.24) is 10.2 Å². The van der Waals surface area contributed by atoms with E-state index in [2.05, 4.69) is 17.3 Å². The van der Waals surface area contributed by atoms with Crippen molar-refractivity contribution in [1.29, 1.82) is 0 Å². The van der Waals surface area contributed by atoms with Crippen LogP contribution in [0.3, 0.4) is 0 Å². The number of amides is 1. The number of thiocarbonyl (C=S) groups is 1. The summed E-state index contributed by atoms with van der Waals surface area (Å²) in [6.45, 7) is 2.95. The van der Waals surface area contributed by atoms with Crippen LogP contribution in [0.25, 0.3) is 0 Å². The predicted octanol–water partition coefficient (Wildman–Crippen LogP) is 0.901. The summed E-state index contributed by atoms with van der Waals surface area (Å²) in [6, 6.07) is 0. The molecule has 18 heavy (non-hydrogen) atoms. The van der Waals surface area contributed by atoms with E-state index in [0.29, 0.717) is 10.9 Å². The number of hydrogen-bond acceptors (Lipinski definition) is 3. The number of hydrogen-bond donors (Lipinski definition) is 2. The molecule has 0 spiro atoms. The molecule has 5 heteroatoms. The Hall–Kier alpha value is -0.680. The minimum Gasteiger partial charge on any atom is -0.392 e. The molecule has 2 fully saturated rings. The fourth-order valence-electron chi connectivity index (χ4n) is 3.16. The van der Waals surface area contributed by atoms with Gasteiger partial charge in [0.1, 0.15) is 0 Å². The van der Waals surface area contributed by atoms with Gasteiger partial charge in [-0.05, 0) is 38.8 Å². The van der Waals surface area contributed by atoms with Crippen molar-refractivity contribution in [2.24, 2.45) is 17.1 Å². The molecule has 2 rings (SSSR count). The van der Waals surface area contributed by atoms with Gasteiger partial charge >= 0.3 is 0 Å². The minimum atomic E-state index is -0.556. The van der Waals surface area contributed by atoms with Gasteiger partial charge in [0.05, 0.1) is 10.4 Å². The van der Waals surface area contributed by atoms with Gasteiger partial charge in [-0.2, -0.15) is 0 Å². The van der Waals surface area contributed by atoms with Crippen molar-refractivity contribution in [3.05, 3.63) is 0 Å². The molecule has 0 aromatic rings. The number of likely N-dealkylation sites (tertiary alicyclic amines) is 1. The standard InChI is InChI=1S/C13H23N3OS/c1-16-7-4-10(9-16)8-15-12(17)13(11(14)18)5-2-3-6-13/h10H,2-9H2,1H3,(H2,14,18)(H,15,17). The Labute approximate surface area is 114 Å². The Morgan fingerprint density at radius 3 is 2.67 bits per heavy atom. The second kappa shape index (κ2) is 5.53. The van der Waals surface area contributed by atoms with E-state index in [1.807, 2.05) is 0 Å². The second-order valence-electron chi connectivity index (χ2n) is 5.78. The van der Waals surface area contributed by atoms with Crippen LogP contribution in [-0.4, -0.2) is 42.5 Å². The summed E-state index contributed by atoms with van der Waals surface area (Å²) < 4.78 is 0. The maximum absolute atomic E-state index is 12.4. The van der Waals surface area contributed by atoms with Gasteiger partial charge in [-0.15, -0.1) is 0 Å². The highest BCUT2D eigenvalue weighted by atomic mass is 32.1. The minimum absolute atomic E-state index is 0.0575. The van der Waals surface area contributed by atoms with Crippen LogP contribution in [0.5, 0.6) is 0 Å². The van der Waals surface area contributed by atoms with Gasteiger partial charge in [0.25, 0.3) is 0 Å². The average molecular weight is 269 g/mol. The zero-order chi connectivity index (χ0) is 13.2. The highest BCUT2D eigenvalue weighted by Crippen LogP contribution is 2.38. The summed E-state index contributed by atoms with van der Waals surface area (Å²) in [4.78, 5) is 15.0. The van der Waals surface area contributed by atoms with E-state index in [-0.39, 0.29) is 5.91 Å². The van der Waals surface area contributed by atoms with Crippen molar-refractivity contribution in [3.63, 3.8) is 0 Å². The first kappa shape index (κ1) is 13.7. The quantitative estimate of drug-likeness (QED) is 0.745. The third-order valence-corrected chi connectivity index (χ3v) is 4.79. The summed E-state index contributed by atoms with van der Waals surface area (Å²) in [6.07, 6.45) is 4.90. The van der Waals surface area contributed by atoms with Gasteiger partial charge in [0.15, 0.2) is 0 Å². The van der Waals surface area contributed by atoms with Gasteiger partial charge in [-0.25, -0.2) is 0 Å². The molecule has 1 saturated heterocycles. The lowest BCUT2D eigenvalue weighted by atomic mass is 9.85. The Morgan fingerprint density at radius 1 is 1.50 bits per heavy atom. The number of nitrogens with one attached hydrogen (secondary N) is 1. The van der Waals surface area contributed by atoms with Crippen molar-refractivity contribution in [2.45, 2.75) is 32.1 Å². The van der Waals surface area contributed by atoms with Crippen molar-refractivity contribution >= 4 is 23.1 Å². The smallest absolute Gasteiger partial charge is 0.233 e. The van der Waals surface area contributed by atoms with Gasteiger partial charge in [-0.1, -0.05) is 25.1 Å². The van der Waals surface area contributed by atoms with E-state index in [0.717, 1.165) is 51.7 Å². The lowest BCUT2D eigenvalue weighted by Crippen LogP contribution is -2.48. The second-order valence-corrected chi connectivity index (χ2v) is 6.22. The molecule has 1 unspecified atom stereocenters. The van der Waals surface area contributed by atoms with E-state index in [1.165, 1.54) is 0 Å². The van der Waals surface area contributed by atoms with Gasteiger partial charge in [0.2, 0.25) is 5.91 Å². The van der Waals surface area contributed by atoms with Gasteiger partial charge in [-0.3, -0.25) is 4.79 Å². The summed E-state index contributed by atoms with van der Waals surface area (Å²) in [5.41, 5.74) is 5.25. The first-order valence-electron chi connectivity index (χ1n) is 6.81. The number of nitrogens with two attached hydrogens (primary N) is 1. The number of rotatable bonds is 4. The van der Waals surface area contributed by atoms with E-state index < -0.39 is 5.41 Å². The molecule has 0 aromatic carbocycles. The fraction of sp³-hybridized carbons (Fsp3) is 0.846. The summed E-state index contributed by atoms with van der Waals surface area (Å²) in [5, 5.41) is 3.08. The Morgan fingerprint density at radius 2 is 2.17 bits per heavy atom. The van der Waals surface area contributed by atoms with Crippen LogP contribution >= 0.6 is 12.2 Å².